The minimum atomic E-state index is 0.00111. The molecule has 0 aromatic carbocycles. The summed E-state index contributed by atoms with van der Waals surface area (Å²) in [4.78, 5) is 12.9. The molecule has 0 radical (unpaired) electrons. The van der Waals surface area contributed by atoms with E-state index in [1.54, 1.807) is 13.1 Å². The van der Waals surface area contributed by atoms with Gasteiger partial charge < -0.3 is 10.2 Å². The number of likely N-dealkylation sites (N-methyl/N-ethyl adjacent to an activating group) is 1. The molecule has 0 aliphatic rings. The zero-order chi connectivity index (χ0) is 8.85. The van der Waals surface area contributed by atoms with Crippen LogP contribution in [0.15, 0.2) is 11.8 Å². The second-order valence-corrected chi connectivity index (χ2v) is 2.64. The van der Waals surface area contributed by atoms with Crippen molar-refractivity contribution in [3.63, 3.8) is 0 Å². The van der Waals surface area contributed by atoms with Crippen molar-refractivity contribution in [3.05, 3.63) is 11.8 Å². The maximum absolute atomic E-state index is 11.1. The summed E-state index contributed by atoms with van der Waals surface area (Å²) >= 11 is 0. The Morgan fingerprint density at radius 2 is 2.09 bits per heavy atom. The predicted molar refractivity (Wildman–Crippen MR) is 46.1 cm³/mol. The van der Waals surface area contributed by atoms with Gasteiger partial charge in [0.1, 0.15) is 0 Å². The molecule has 0 aromatic rings. The Hall–Kier alpha value is -0.990. The Kier molecular flexibility index (Phi) is 4.34. The van der Waals surface area contributed by atoms with Crippen molar-refractivity contribution < 1.29 is 4.79 Å². The van der Waals surface area contributed by atoms with Crippen LogP contribution in [-0.2, 0) is 4.79 Å². The van der Waals surface area contributed by atoms with Gasteiger partial charge in [0, 0.05) is 32.4 Å². The smallest absolute Gasteiger partial charge is 0.248 e. The summed E-state index contributed by atoms with van der Waals surface area (Å²) in [5.41, 5.74) is 0.733. The van der Waals surface area contributed by atoms with E-state index >= 15 is 0 Å². The zero-order valence-corrected chi connectivity index (χ0v) is 7.64. The Morgan fingerprint density at radius 3 is 2.45 bits per heavy atom. The monoisotopic (exact) mass is 156 g/mol. The van der Waals surface area contributed by atoms with Gasteiger partial charge in [-0.15, -0.1) is 0 Å². The molecule has 0 aliphatic heterocycles. The summed E-state index contributed by atoms with van der Waals surface area (Å²) in [6.07, 6.45) is 1.80. The van der Waals surface area contributed by atoms with Gasteiger partial charge >= 0.3 is 0 Å². The molecule has 0 rings (SSSR count). The average Bonchev–Trinajstić information content (AvgIpc) is 1.86. The van der Waals surface area contributed by atoms with E-state index in [1.165, 1.54) is 0 Å². The number of rotatable bonds is 3. The Labute approximate surface area is 68.1 Å². The van der Waals surface area contributed by atoms with Gasteiger partial charge in [-0.25, -0.2) is 0 Å². The SMILES string of the molecule is CCNC(=O)C(C)=CN(C)C. The van der Waals surface area contributed by atoms with Gasteiger partial charge in [0.15, 0.2) is 0 Å². The minimum Gasteiger partial charge on any atom is -0.383 e. The normalized spacial score (nSPS) is 11.1. The number of hydrogen-bond acceptors (Lipinski definition) is 2. The van der Waals surface area contributed by atoms with Crippen molar-refractivity contribution in [3.8, 4) is 0 Å². The van der Waals surface area contributed by atoms with Crippen LogP contribution in [0.3, 0.4) is 0 Å². The summed E-state index contributed by atoms with van der Waals surface area (Å²) in [5.74, 6) is 0.00111. The van der Waals surface area contributed by atoms with Crippen LogP contribution in [0.5, 0.6) is 0 Å². The lowest BCUT2D eigenvalue weighted by Crippen LogP contribution is -2.24. The molecule has 3 heteroatoms. The fourth-order valence-electron chi connectivity index (χ4n) is 0.746. The van der Waals surface area contributed by atoms with Gasteiger partial charge in [-0.05, 0) is 13.8 Å². The van der Waals surface area contributed by atoms with Crippen LogP contribution in [0.2, 0.25) is 0 Å². The fraction of sp³-hybridized carbons (Fsp3) is 0.625. The van der Waals surface area contributed by atoms with E-state index in [9.17, 15) is 4.79 Å². The molecule has 0 bridgehead atoms. The van der Waals surface area contributed by atoms with Gasteiger partial charge in [0.2, 0.25) is 5.91 Å². The van der Waals surface area contributed by atoms with Crippen molar-refractivity contribution >= 4 is 5.91 Å². The molecule has 1 N–H and O–H groups in total. The molecule has 1 amide bonds. The molecule has 3 nitrogen and oxygen atoms in total. The van der Waals surface area contributed by atoms with E-state index in [1.807, 2.05) is 25.9 Å². The van der Waals surface area contributed by atoms with Crippen molar-refractivity contribution in [2.24, 2.45) is 0 Å². The maximum Gasteiger partial charge on any atom is 0.248 e. The third kappa shape index (κ3) is 4.42. The Balaban J connectivity index is 4.01. The molecule has 11 heavy (non-hydrogen) atoms. The summed E-state index contributed by atoms with van der Waals surface area (Å²) in [7, 11) is 3.78. The van der Waals surface area contributed by atoms with E-state index in [4.69, 9.17) is 0 Å². The molecule has 0 fully saturated rings. The van der Waals surface area contributed by atoms with Crippen LogP contribution in [-0.4, -0.2) is 31.4 Å². The molecule has 64 valence electrons. The molecular formula is C8H16N2O. The largest absolute Gasteiger partial charge is 0.383 e. The first kappa shape index (κ1) is 10.0. The quantitative estimate of drug-likeness (QED) is 0.606. The van der Waals surface area contributed by atoms with E-state index in [0.717, 1.165) is 5.57 Å². The second kappa shape index (κ2) is 4.77. The van der Waals surface area contributed by atoms with Gasteiger partial charge in [0.05, 0.1) is 0 Å². The highest BCUT2D eigenvalue weighted by Crippen LogP contribution is 1.92. The van der Waals surface area contributed by atoms with Crippen LogP contribution >= 0.6 is 0 Å². The molecule has 0 saturated carbocycles. The molecule has 0 heterocycles. The highest BCUT2D eigenvalue weighted by atomic mass is 16.1. The number of nitrogens with one attached hydrogen (secondary N) is 1. The maximum atomic E-state index is 11.1. The lowest BCUT2D eigenvalue weighted by molar-refractivity contribution is -0.117. The molecule has 0 spiro atoms. The summed E-state index contributed by atoms with van der Waals surface area (Å²) < 4.78 is 0. The first-order valence-corrected chi connectivity index (χ1v) is 3.71. The van der Waals surface area contributed by atoms with E-state index < -0.39 is 0 Å². The van der Waals surface area contributed by atoms with Crippen molar-refractivity contribution in [1.82, 2.24) is 10.2 Å². The zero-order valence-electron chi connectivity index (χ0n) is 7.64. The Bertz CT molecular complexity index is 161. The summed E-state index contributed by atoms with van der Waals surface area (Å²) in [6.45, 7) is 4.38. The van der Waals surface area contributed by atoms with Gasteiger partial charge in [-0.3, -0.25) is 4.79 Å². The first-order chi connectivity index (χ1) is 5.07. The third-order valence-electron chi connectivity index (χ3n) is 1.15. The van der Waals surface area contributed by atoms with Gasteiger partial charge in [-0.2, -0.15) is 0 Å². The number of nitrogens with zero attached hydrogens (tertiary/aromatic N) is 1. The predicted octanol–water partition coefficient (Wildman–Crippen LogP) is 0.588. The number of hydrogen-bond donors (Lipinski definition) is 1. The van der Waals surface area contributed by atoms with Crippen LogP contribution in [0.4, 0.5) is 0 Å². The Morgan fingerprint density at radius 1 is 1.55 bits per heavy atom. The van der Waals surface area contributed by atoms with Crippen molar-refractivity contribution in [2.45, 2.75) is 13.8 Å². The van der Waals surface area contributed by atoms with Crippen LogP contribution in [0.1, 0.15) is 13.8 Å². The van der Waals surface area contributed by atoms with Crippen LogP contribution < -0.4 is 5.32 Å². The van der Waals surface area contributed by atoms with Crippen LogP contribution in [0.25, 0.3) is 0 Å². The number of carbonyl (C=O) groups is 1. The summed E-state index contributed by atoms with van der Waals surface area (Å²) in [5, 5.41) is 2.72. The molecule has 0 aliphatic carbocycles. The minimum absolute atomic E-state index is 0.00111. The van der Waals surface area contributed by atoms with Gasteiger partial charge in [0.25, 0.3) is 0 Å². The molecule has 0 aromatic heterocycles. The third-order valence-corrected chi connectivity index (χ3v) is 1.15. The van der Waals surface area contributed by atoms with E-state index in [0.29, 0.717) is 6.54 Å². The molecular weight excluding hydrogens is 140 g/mol. The molecule has 0 atom stereocenters. The lowest BCUT2D eigenvalue weighted by Gasteiger charge is -2.07. The summed E-state index contributed by atoms with van der Waals surface area (Å²) in [6, 6.07) is 0. The molecule has 0 unspecified atom stereocenters. The van der Waals surface area contributed by atoms with E-state index in [2.05, 4.69) is 5.32 Å². The second-order valence-electron chi connectivity index (χ2n) is 2.64. The standard InChI is InChI=1S/C8H16N2O/c1-5-9-8(11)7(2)6-10(3)4/h6H,5H2,1-4H3,(H,9,11). The molecule has 0 saturated heterocycles. The lowest BCUT2D eigenvalue weighted by atomic mass is 10.3. The number of amides is 1. The van der Waals surface area contributed by atoms with E-state index in [-0.39, 0.29) is 5.91 Å². The highest BCUT2D eigenvalue weighted by Gasteiger charge is 2.00. The fourth-order valence-corrected chi connectivity index (χ4v) is 0.746. The van der Waals surface area contributed by atoms with Crippen LogP contribution in [0, 0.1) is 0 Å². The first-order valence-electron chi connectivity index (χ1n) is 3.71. The van der Waals surface area contributed by atoms with Crippen molar-refractivity contribution in [1.29, 1.82) is 0 Å². The highest BCUT2D eigenvalue weighted by molar-refractivity contribution is 5.92. The average molecular weight is 156 g/mol. The number of carbonyl (C=O) groups excluding carboxylic acids is 1. The topological polar surface area (TPSA) is 32.3 Å². The van der Waals surface area contributed by atoms with Crippen molar-refractivity contribution in [2.75, 3.05) is 20.6 Å². The van der Waals surface area contributed by atoms with Gasteiger partial charge in [-0.1, -0.05) is 0 Å².